The number of methoxy groups -OCH3 is 1. The average molecular weight is 459 g/mol. The quantitative estimate of drug-likeness (QED) is 0.226. The van der Waals surface area contributed by atoms with E-state index in [1.54, 1.807) is 48.5 Å². The zero-order valence-corrected chi connectivity index (χ0v) is 19.0. The van der Waals surface area contributed by atoms with Crippen LogP contribution in [0.5, 0.6) is 11.5 Å². The number of aryl methyl sites for hydroxylation is 1. The number of carbonyl (C=O) groups excluding carboxylic acids is 2. The van der Waals surface area contributed by atoms with Crippen molar-refractivity contribution in [2.24, 2.45) is 0 Å². The largest absolute Gasteiger partial charge is 0.507 e. The van der Waals surface area contributed by atoms with Crippen molar-refractivity contribution >= 4 is 17.4 Å². The van der Waals surface area contributed by atoms with Gasteiger partial charge in [0.2, 0.25) is 0 Å². The SMILES string of the molecule is C=CCOc1ccc(C2/C(=C(\O)c3ccc(C)cc3)C(=O)C(=O)N2Cc2ccco2)cc1OC. The number of ether oxygens (including phenoxy) is 2. The van der Waals surface area contributed by atoms with Gasteiger partial charge in [0, 0.05) is 5.56 Å². The minimum Gasteiger partial charge on any atom is -0.507 e. The van der Waals surface area contributed by atoms with Gasteiger partial charge in [0.05, 0.1) is 31.5 Å². The van der Waals surface area contributed by atoms with Gasteiger partial charge in [-0.15, -0.1) is 0 Å². The Morgan fingerprint density at radius 3 is 2.56 bits per heavy atom. The molecule has 0 aliphatic carbocycles. The maximum absolute atomic E-state index is 13.2. The third-order valence-corrected chi connectivity index (χ3v) is 5.63. The first-order valence-electron chi connectivity index (χ1n) is 10.7. The molecule has 1 saturated heterocycles. The molecule has 1 aliphatic heterocycles. The lowest BCUT2D eigenvalue weighted by Crippen LogP contribution is -2.29. The van der Waals surface area contributed by atoms with Gasteiger partial charge in [0.25, 0.3) is 11.7 Å². The number of likely N-dealkylation sites (tertiary alicyclic amines) is 1. The Bertz CT molecular complexity index is 1240. The molecule has 1 N–H and O–H groups in total. The van der Waals surface area contributed by atoms with Crippen molar-refractivity contribution in [3.63, 3.8) is 0 Å². The van der Waals surface area contributed by atoms with E-state index < -0.39 is 17.7 Å². The van der Waals surface area contributed by atoms with Crippen LogP contribution < -0.4 is 9.47 Å². The van der Waals surface area contributed by atoms with Crippen LogP contribution in [0.1, 0.15) is 28.5 Å². The summed E-state index contributed by atoms with van der Waals surface area (Å²) in [4.78, 5) is 27.7. The molecule has 34 heavy (non-hydrogen) atoms. The summed E-state index contributed by atoms with van der Waals surface area (Å²) in [6.07, 6.45) is 3.12. The van der Waals surface area contributed by atoms with Crippen LogP contribution >= 0.6 is 0 Å². The minimum atomic E-state index is -0.853. The number of benzene rings is 2. The fourth-order valence-corrected chi connectivity index (χ4v) is 3.95. The first kappa shape index (κ1) is 22.9. The Labute approximate surface area is 197 Å². The molecule has 4 rings (SSSR count). The molecular formula is C27H25NO6. The standard InChI is InChI=1S/C27H25NO6/c1-4-13-34-21-12-11-19(15-22(21)32-3)24-23(25(29)18-9-7-17(2)8-10-18)26(30)27(31)28(24)16-20-6-5-14-33-20/h4-12,14-15,24,29H,1,13,16H2,2-3H3/b25-23+. The first-order chi connectivity index (χ1) is 16.4. The number of furan rings is 1. The van der Waals surface area contributed by atoms with Crippen LogP contribution in [0.15, 0.2) is 83.5 Å². The lowest BCUT2D eigenvalue weighted by Gasteiger charge is -2.25. The highest BCUT2D eigenvalue weighted by atomic mass is 16.5. The molecule has 1 atom stereocenters. The lowest BCUT2D eigenvalue weighted by atomic mass is 9.94. The molecule has 1 fully saturated rings. The van der Waals surface area contributed by atoms with Gasteiger partial charge in [-0.2, -0.15) is 0 Å². The second-order valence-corrected chi connectivity index (χ2v) is 7.88. The summed E-state index contributed by atoms with van der Waals surface area (Å²) in [5.74, 6) is -0.288. The third-order valence-electron chi connectivity index (χ3n) is 5.63. The van der Waals surface area contributed by atoms with Crippen LogP contribution in [-0.4, -0.2) is 35.4 Å². The molecule has 7 nitrogen and oxygen atoms in total. The zero-order chi connectivity index (χ0) is 24.2. The minimum absolute atomic E-state index is 0.00206. The topological polar surface area (TPSA) is 89.2 Å². The highest BCUT2D eigenvalue weighted by Crippen LogP contribution is 2.42. The molecule has 1 aliphatic rings. The first-order valence-corrected chi connectivity index (χ1v) is 10.7. The fourth-order valence-electron chi connectivity index (χ4n) is 3.95. The molecule has 1 unspecified atom stereocenters. The number of carbonyl (C=O) groups is 2. The smallest absolute Gasteiger partial charge is 0.296 e. The van der Waals surface area contributed by atoms with Gasteiger partial charge in [-0.1, -0.05) is 48.6 Å². The van der Waals surface area contributed by atoms with E-state index in [9.17, 15) is 14.7 Å². The molecule has 3 aromatic rings. The van der Waals surface area contributed by atoms with Gasteiger partial charge in [-0.05, 0) is 36.8 Å². The number of hydrogen-bond donors (Lipinski definition) is 1. The van der Waals surface area contributed by atoms with Gasteiger partial charge in [0.1, 0.15) is 18.1 Å². The van der Waals surface area contributed by atoms with Gasteiger partial charge >= 0.3 is 0 Å². The molecule has 2 aromatic carbocycles. The van der Waals surface area contributed by atoms with Gasteiger partial charge in [-0.25, -0.2) is 0 Å². The van der Waals surface area contributed by atoms with Crippen LogP contribution in [0.2, 0.25) is 0 Å². The van der Waals surface area contributed by atoms with E-state index in [1.165, 1.54) is 18.3 Å². The summed E-state index contributed by atoms with van der Waals surface area (Å²) >= 11 is 0. The number of hydrogen-bond acceptors (Lipinski definition) is 6. The molecule has 0 saturated carbocycles. The number of aliphatic hydroxyl groups excluding tert-OH is 1. The van der Waals surface area contributed by atoms with E-state index in [4.69, 9.17) is 13.9 Å². The summed E-state index contributed by atoms with van der Waals surface area (Å²) in [6.45, 7) is 5.92. The number of rotatable bonds is 8. The van der Waals surface area contributed by atoms with Crippen LogP contribution in [0.4, 0.5) is 0 Å². The Balaban J connectivity index is 1.86. The number of nitrogens with zero attached hydrogens (tertiary/aromatic N) is 1. The third kappa shape index (κ3) is 4.32. The average Bonchev–Trinajstić information content (AvgIpc) is 3.45. The molecular weight excluding hydrogens is 434 g/mol. The van der Waals surface area contributed by atoms with E-state index in [2.05, 4.69) is 6.58 Å². The van der Waals surface area contributed by atoms with E-state index in [-0.39, 0.29) is 17.9 Å². The normalized spacial score (nSPS) is 17.1. The van der Waals surface area contributed by atoms with Crippen molar-refractivity contribution in [2.75, 3.05) is 13.7 Å². The predicted molar refractivity (Wildman–Crippen MR) is 126 cm³/mol. The molecule has 0 radical (unpaired) electrons. The van der Waals surface area contributed by atoms with Gasteiger partial charge < -0.3 is 23.9 Å². The van der Waals surface area contributed by atoms with Crippen LogP contribution in [-0.2, 0) is 16.1 Å². The number of amides is 1. The van der Waals surface area contributed by atoms with E-state index in [0.29, 0.717) is 35.0 Å². The Morgan fingerprint density at radius 1 is 1.15 bits per heavy atom. The van der Waals surface area contributed by atoms with Crippen molar-refractivity contribution in [2.45, 2.75) is 19.5 Å². The highest BCUT2D eigenvalue weighted by molar-refractivity contribution is 6.46. The second kappa shape index (κ2) is 9.70. The van der Waals surface area contributed by atoms with Crippen molar-refractivity contribution in [3.8, 4) is 11.5 Å². The van der Waals surface area contributed by atoms with Crippen molar-refractivity contribution in [1.82, 2.24) is 4.90 Å². The Hall–Kier alpha value is -4.26. The summed E-state index contributed by atoms with van der Waals surface area (Å²) in [6, 6.07) is 14.8. The molecule has 1 aromatic heterocycles. The number of ketones is 1. The summed E-state index contributed by atoms with van der Waals surface area (Å²) in [5, 5.41) is 11.2. The van der Waals surface area contributed by atoms with Gasteiger partial charge in [0.15, 0.2) is 11.5 Å². The molecule has 174 valence electrons. The summed E-state index contributed by atoms with van der Waals surface area (Å²) < 4.78 is 16.6. The van der Waals surface area contributed by atoms with Crippen molar-refractivity contribution in [3.05, 3.63) is 102 Å². The molecule has 7 heteroatoms. The van der Waals surface area contributed by atoms with Gasteiger partial charge in [-0.3, -0.25) is 9.59 Å². The van der Waals surface area contributed by atoms with E-state index >= 15 is 0 Å². The maximum atomic E-state index is 13.2. The van der Waals surface area contributed by atoms with Crippen molar-refractivity contribution in [1.29, 1.82) is 0 Å². The predicted octanol–water partition coefficient (Wildman–Crippen LogP) is 4.78. The molecule has 0 spiro atoms. The monoisotopic (exact) mass is 459 g/mol. The molecule has 0 bridgehead atoms. The van der Waals surface area contributed by atoms with Crippen LogP contribution in [0.25, 0.3) is 5.76 Å². The van der Waals surface area contributed by atoms with E-state index in [1.807, 2.05) is 19.1 Å². The lowest BCUT2D eigenvalue weighted by molar-refractivity contribution is -0.140. The zero-order valence-electron chi connectivity index (χ0n) is 19.0. The maximum Gasteiger partial charge on any atom is 0.296 e. The summed E-state index contributed by atoms with van der Waals surface area (Å²) in [5.41, 5.74) is 2.04. The Morgan fingerprint density at radius 2 is 1.91 bits per heavy atom. The van der Waals surface area contributed by atoms with Crippen LogP contribution in [0, 0.1) is 6.92 Å². The fraction of sp³-hybridized carbons (Fsp3) is 0.185. The molecule has 2 heterocycles. The second-order valence-electron chi connectivity index (χ2n) is 7.88. The van der Waals surface area contributed by atoms with Crippen molar-refractivity contribution < 1.29 is 28.6 Å². The number of Topliss-reactive ketones (excluding diaryl/α,β-unsaturated/α-hetero) is 1. The van der Waals surface area contributed by atoms with Crippen LogP contribution in [0.3, 0.4) is 0 Å². The summed E-state index contributed by atoms with van der Waals surface area (Å²) in [7, 11) is 1.51. The molecule has 1 amide bonds. The Kier molecular flexibility index (Phi) is 6.54. The van der Waals surface area contributed by atoms with E-state index in [0.717, 1.165) is 5.56 Å². The highest BCUT2D eigenvalue weighted by Gasteiger charge is 2.46. The number of aliphatic hydroxyl groups is 1.